The first-order valence-corrected chi connectivity index (χ1v) is 16.2. The number of amides is 2. The highest BCUT2D eigenvalue weighted by molar-refractivity contribution is 5.94. The van der Waals surface area contributed by atoms with E-state index < -0.39 is 35.4 Å². The van der Waals surface area contributed by atoms with Crippen molar-refractivity contribution in [3.63, 3.8) is 0 Å². The van der Waals surface area contributed by atoms with Gasteiger partial charge in [0.05, 0.1) is 35.9 Å². The summed E-state index contributed by atoms with van der Waals surface area (Å²) in [6, 6.07) is 11.3. The molecule has 2 saturated carbocycles. The number of hydrogen-bond acceptors (Lipinski definition) is 7. The average Bonchev–Trinajstić information content (AvgIpc) is 3.62. The second-order valence-electron chi connectivity index (χ2n) is 12.7. The third kappa shape index (κ3) is 6.87. The summed E-state index contributed by atoms with van der Waals surface area (Å²) in [5, 5.41) is 13.5. The van der Waals surface area contributed by atoms with Gasteiger partial charge < -0.3 is 24.8 Å². The number of pyridine rings is 2. The molecule has 3 aromatic rings. The number of aryl methyl sites for hydroxylation is 2. The van der Waals surface area contributed by atoms with Crippen molar-refractivity contribution in [2.75, 3.05) is 20.7 Å². The lowest BCUT2D eigenvalue weighted by atomic mass is 9.93. The van der Waals surface area contributed by atoms with Gasteiger partial charge in [0.2, 0.25) is 11.8 Å². The van der Waals surface area contributed by atoms with E-state index in [1.807, 2.05) is 56.3 Å². The molecule has 2 N–H and O–H groups in total. The number of carbonyl (C=O) groups is 3. The minimum absolute atomic E-state index is 0.153. The van der Waals surface area contributed by atoms with Crippen molar-refractivity contribution < 1.29 is 29.0 Å². The van der Waals surface area contributed by atoms with Crippen molar-refractivity contribution in [3.05, 3.63) is 73.0 Å². The Morgan fingerprint density at radius 1 is 1.06 bits per heavy atom. The van der Waals surface area contributed by atoms with Crippen LogP contribution in [-0.2, 0) is 14.4 Å². The molecule has 2 aliphatic carbocycles. The third-order valence-electron chi connectivity index (χ3n) is 9.54. The quantitative estimate of drug-likeness (QED) is 0.171. The summed E-state index contributed by atoms with van der Waals surface area (Å²) in [7, 11) is 3.36. The number of aromatic nitrogens is 2. The van der Waals surface area contributed by atoms with Gasteiger partial charge in [0, 0.05) is 42.2 Å². The number of carboxylic acids is 1. The molecule has 0 bridgehead atoms. The summed E-state index contributed by atoms with van der Waals surface area (Å²) in [5.41, 5.74) is 2.32. The van der Waals surface area contributed by atoms with Crippen LogP contribution < -0.4 is 14.8 Å². The summed E-state index contributed by atoms with van der Waals surface area (Å²) in [4.78, 5) is 51.2. The van der Waals surface area contributed by atoms with E-state index in [0.717, 1.165) is 35.9 Å². The topological polar surface area (TPSA) is 131 Å². The molecule has 2 heterocycles. The van der Waals surface area contributed by atoms with E-state index in [1.54, 1.807) is 25.1 Å². The maximum atomic E-state index is 13.9. The standard InChI is InChI=1S/C37H44N4O6/c1-7-9-10-11-17-41(5)35(43)28-19-25(18-27(28)34(42)40-37(36(44)45)21-24(37)8-2)47-32-20-30(29-14-12-13-22(3)38-29)39-33-23(4)31(46-6)16-15-26(32)33/h7-8,12-16,20,24-25,27-28H,1-2,9-11,17-19,21H2,3-6H3,(H,40,42)(H,44,45). The van der Waals surface area contributed by atoms with Crippen molar-refractivity contribution in [2.24, 2.45) is 17.8 Å². The van der Waals surface area contributed by atoms with E-state index in [0.29, 0.717) is 41.4 Å². The van der Waals surface area contributed by atoms with Gasteiger partial charge in [-0.15, -0.1) is 13.2 Å². The Kier molecular flexibility index (Phi) is 9.98. The van der Waals surface area contributed by atoms with E-state index in [4.69, 9.17) is 14.5 Å². The fraction of sp³-hybridized carbons (Fsp3) is 0.432. The Bertz CT molecular complexity index is 1710. The Morgan fingerprint density at radius 3 is 2.49 bits per heavy atom. The number of aliphatic carboxylic acids is 1. The fourth-order valence-corrected chi connectivity index (χ4v) is 6.70. The predicted octanol–water partition coefficient (Wildman–Crippen LogP) is 5.66. The lowest BCUT2D eigenvalue weighted by Gasteiger charge is -2.25. The predicted molar refractivity (Wildman–Crippen MR) is 180 cm³/mol. The van der Waals surface area contributed by atoms with Crippen LogP contribution in [0.15, 0.2) is 61.7 Å². The molecule has 2 amide bonds. The second kappa shape index (κ2) is 13.9. The number of ether oxygens (including phenoxy) is 2. The van der Waals surface area contributed by atoms with Crippen molar-refractivity contribution in [1.29, 1.82) is 0 Å². The molecule has 0 spiro atoms. The van der Waals surface area contributed by atoms with Gasteiger partial charge in [0.15, 0.2) is 0 Å². The maximum Gasteiger partial charge on any atom is 0.330 e. The van der Waals surface area contributed by atoms with E-state index in [9.17, 15) is 19.5 Å². The monoisotopic (exact) mass is 640 g/mol. The summed E-state index contributed by atoms with van der Waals surface area (Å²) >= 11 is 0. The summed E-state index contributed by atoms with van der Waals surface area (Å²) in [6.07, 6.45) is 6.32. The number of carbonyl (C=O) groups excluding carboxylic acids is 2. The van der Waals surface area contributed by atoms with Gasteiger partial charge in [0.25, 0.3) is 0 Å². The van der Waals surface area contributed by atoms with E-state index in [-0.39, 0.29) is 24.7 Å². The molecule has 0 aliphatic heterocycles. The number of nitrogens with one attached hydrogen (secondary N) is 1. The third-order valence-corrected chi connectivity index (χ3v) is 9.54. The van der Waals surface area contributed by atoms with Crippen LogP contribution in [0.4, 0.5) is 0 Å². The molecule has 10 heteroatoms. The van der Waals surface area contributed by atoms with Crippen molar-refractivity contribution in [3.8, 4) is 22.9 Å². The van der Waals surface area contributed by atoms with E-state index in [1.165, 1.54) is 0 Å². The number of fused-ring (bicyclic) bond motifs is 1. The number of benzene rings is 1. The molecule has 0 radical (unpaired) electrons. The first kappa shape index (κ1) is 33.6. The van der Waals surface area contributed by atoms with Gasteiger partial charge in [-0.2, -0.15) is 0 Å². The second-order valence-corrected chi connectivity index (χ2v) is 12.7. The van der Waals surface area contributed by atoms with Crippen molar-refractivity contribution in [1.82, 2.24) is 20.2 Å². The molecule has 0 saturated heterocycles. The van der Waals surface area contributed by atoms with Crippen LogP contribution in [0.5, 0.6) is 11.5 Å². The minimum Gasteiger partial charge on any atom is -0.496 e. The van der Waals surface area contributed by atoms with Crippen molar-refractivity contribution >= 4 is 28.7 Å². The molecule has 248 valence electrons. The van der Waals surface area contributed by atoms with Crippen LogP contribution in [0.25, 0.3) is 22.3 Å². The molecule has 2 aliphatic rings. The number of methoxy groups -OCH3 is 1. The lowest BCUT2D eigenvalue weighted by molar-refractivity contribution is -0.145. The average molecular weight is 641 g/mol. The Balaban J connectivity index is 1.47. The summed E-state index contributed by atoms with van der Waals surface area (Å²) < 4.78 is 12.3. The van der Waals surface area contributed by atoms with Gasteiger partial charge >= 0.3 is 5.97 Å². The summed E-state index contributed by atoms with van der Waals surface area (Å²) in [6.45, 7) is 11.9. The minimum atomic E-state index is -1.39. The van der Waals surface area contributed by atoms with Crippen LogP contribution in [0, 0.1) is 31.6 Å². The number of carboxylic acid groups (broad SMARTS) is 1. The number of unbranched alkanes of at least 4 members (excludes halogenated alkanes) is 2. The Hall–Kier alpha value is -4.73. The van der Waals surface area contributed by atoms with Crippen LogP contribution in [-0.4, -0.2) is 70.1 Å². The van der Waals surface area contributed by atoms with Crippen molar-refractivity contribution in [2.45, 2.75) is 64.0 Å². The summed E-state index contributed by atoms with van der Waals surface area (Å²) in [5.74, 6) is -2.26. The molecule has 5 unspecified atom stereocenters. The molecular weight excluding hydrogens is 596 g/mol. The van der Waals surface area contributed by atoms with E-state index in [2.05, 4.69) is 23.5 Å². The van der Waals surface area contributed by atoms with Gasteiger partial charge in [0.1, 0.15) is 23.1 Å². The van der Waals surface area contributed by atoms with Crippen LogP contribution in [0.2, 0.25) is 0 Å². The Morgan fingerprint density at radius 2 is 1.83 bits per heavy atom. The van der Waals surface area contributed by atoms with Gasteiger partial charge in [-0.3, -0.25) is 14.6 Å². The highest BCUT2D eigenvalue weighted by Crippen LogP contribution is 2.46. The van der Waals surface area contributed by atoms with E-state index >= 15 is 0 Å². The lowest BCUT2D eigenvalue weighted by Crippen LogP contribution is -2.49. The van der Waals surface area contributed by atoms with Crippen LogP contribution in [0.1, 0.15) is 49.8 Å². The number of hydrogen-bond donors (Lipinski definition) is 2. The molecule has 47 heavy (non-hydrogen) atoms. The van der Waals surface area contributed by atoms with Crippen LogP contribution in [0.3, 0.4) is 0 Å². The molecule has 5 atom stereocenters. The number of nitrogens with zero attached hydrogens (tertiary/aromatic N) is 3. The normalized spacial score (nSPS) is 23.1. The fourth-order valence-electron chi connectivity index (χ4n) is 6.70. The zero-order valence-corrected chi connectivity index (χ0v) is 27.6. The largest absolute Gasteiger partial charge is 0.496 e. The number of allylic oxidation sites excluding steroid dienone is 1. The molecule has 2 fully saturated rings. The zero-order valence-electron chi connectivity index (χ0n) is 27.6. The highest BCUT2D eigenvalue weighted by Gasteiger charge is 2.61. The first-order valence-electron chi connectivity index (χ1n) is 16.2. The van der Waals surface area contributed by atoms with Crippen LogP contribution >= 0.6 is 0 Å². The SMILES string of the molecule is C=CCCCCN(C)C(=O)C1CC(Oc2cc(-c3cccc(C)n3)nc3c(C)c(OC)ccc23)CC1C(=O)NC1(C(=O)O)CC1C=C. The molecular formula is C37H44N4O6. The van der Waals surface area contributed by atoms with Gasteiger partial charge in [-0.1, -0.05) is 18.2 Å². The molecule has 2 aromatic heterocycles. The highest BCUT2D eigenvalue weighted by atomic mass is 16.5. The molecule has 10 nitrogen and oxygen atoms in total. The Labute approximate surface area is 275 Å². The van der Waals surface area contributed by atoms with Gasteiger partial charge in [-0.05, 0) is 76.6 Å². The number of rotatable bonds is 14. The first-order chi connectivity index (χ1) is 22.5. The van der Waals surface area contributed by atoms with Gasteiger partial charge in [-0.25, -0.2) is 9.78 Å². The zero-order chi connectivity index (χ0) is 33.9. The molecule has 1 aromatic carbocycles. The maximum absolute atomic E-state index is 13.9. The smallest absolute Gasteiger partial charge is 0.330 e. The molecule has 5 rings (SSSR count).